The van der Waals surface area contributed by atoms with Gasteiger partial charge in [0.1, 0.15) is 13.2 Å². The van der Waals surface area contributed by atoms with Crippen LogP contribution in [0, 0.1) is 0 Å². The van der Waals surface area contributed by atoms with Crippen LogP contribution >= 0.6 is 11.6 Å². The highest BCUT2D eigenvalue weighted by atomic mass is 35.5. The van der Waals surface area contributed by atoms with Gasteiger partial charge in [-0.25, -0.2) is 0 Å². The number of hydrogen-bond donors (Lipinski definition) is 1. The monoisotopic (exact) mass is 393 g/mol. The van der Waals surface area contributed by atoms with Gasteiger partial charge in [0.15, 0.2) is 11.5 Å². The number of benzene rings is 1. The summed E-state index contributed by atoms with van der Waals surface area (Å²) in [7, 11) is 0. The van der Waals surface area contributed by atoms with Gasteiger partial charge in [-0.3, -0.25) is 14.5 Å². The van der Waals surface area contributed by atoms with Crippen LogP contribution in [0.4, 0.5) is 0 Å². The van der Waals surface area contributed by atoms with Gasteiger partial charge in [0, 0.05) is 32.2 Å². The lowest BCUT2D eigenvalue weighted by Crippen LogP contribution is -2.51. The number of piperazine rings is 1. The number of fused-ring (bicyclic) bond motifs is 1. The summed E-state index contributed by atoms with van der Waals surface area (Å²) >= 11 is 6.25. The normalized spacial score (nSPS) is 19.7. The van der Waals surface area contributed by atoms with Crippen molar-refractivity contribution in [3.05, 3.63) is 22.7 Å². The molecule has 1 N–H and O–H groups in total. The summed E-state index contributed by atoms with van der Waals surface area (Å²) in [5.41, 5.74) is 0.820. The summed E-state index contributed by atoms with van der Waals surface area (Å²) in [5, 5.41) is 3.48. The minimum atomic E-state index is 0.0600. The van der Waals surface area contributed by atoms with Crippen molar-refractivity contribution in [2.75, 3.05) is 45.9 Å². The zero-order valence-electron chi connectivity index (χ0n) is 15.2. The molecule has 1 saturated carbocycles. The zero-order valence-corrected chi connectivity index (χ0v) is 16.0. The number of carbonyl (C=O) groups excluding carboxylic acids is 2. The molecule has 0 aromatic heterocycles. The summed E-state index contributed by atoms with van der Waals surface area (Å²) in [4.78, 5) is 28.5. The van der Waals surface area contributed by atoms with Crippen molar-refractivity contribution >= 4 is 23.4 Å². The highest BCUT2D eigenvalue weighted by Crippen LogP contribution is 2.38. The molecule has 8 heteroatoms. The van der Waals surface area contributed by atoms with Gasteiger partial charge in [0.05, 0.1) is 18.0 Å². The number of rotatable bonds is 5. The van der Waals surface area contributed by atoms with E-state index < -0.39 is 0 Å². The summed E-state index contributed by atoms with van der Waals surface area (Å²) in [6.07, 6.45) is 2.47. The molecular weight excluding hydrogens is 370 g/mol. The first-order chi connectivity index (χ1) is 13.1. The molecular formula is C19H24ClN3O4. The van der Waals surface area contributed by atoms with E-state index in [1.165, 1.54) is 0 Å². The molecule has 1 aromatic rings. The van der Waals surface area contributed by atoms with E-state index in [0.717, 1.165) is 18.4 Å². The van der Waals surface area contributed by atoms with Crippen LogP contribution < -0.4 is 14.8 Å². The van der Waals surface area contributed by atoms with E-state index in [-0.39, 0.29) is 18.2 Å². The largest absolute Gasteiger partial charge is 0.486 e. The number of nitrogens with one attached hydrogen (secondary N) is 1. The lowest BCUT2D eigenvalue weighted by atomic mass is 10.1. The van der Waals surface area contributed by atoms with Gasteiger partial charge < -0.3 is 19.7 Å². The fourth-order valence-electron chi connectivity index (χ4n) is 3.41. The van der Waals surface area contributed by atoms with Crippen molar-refractivity contribution in [2.24, 2.45) is 0 Å². The van der Waals surface area contributed by atoms with Gasteiger partial charge in [-0.1, -0.05) is 11.6 Å². The Bertz CT molecular complexity index is 730. The Morgan fingerprint density at radius 2 is 1.85 bits per heavy atom. The second kappa shape index (κ2) is 7.94. The highest BCUT2D eigenvalue weighted by molar-refractivity contribution is 6.32. The van der Waals surface area contributed by atoms with Gasteiger partial charge in [0.2, 0.25) is 11.8 Å². The minimum Gasteiger partial charge on any atom is -0.486 e. The van der Waals surface area contributed by atoms with E-state index in [0.29, 0.717) is 68.5 Å². The minimum absolute atomic E-state index is 0.0600. The van der Waals surface area contributed by atoms with Crippen LogP contribution in [-0.2, 0) is 16.0 Å². The van der Waals surface area contributed by atoms with Crippen LogP contribution in [0.3, 0.4) is 0 Å². The van der Waals surface area contributed by atoms with Gasteiger partial charge in [-0.2, -0.15) is 0 Å². The molecule has 3 aliphatic rings. The van der Waals surface area contributed by atoms with Crippen LogP contribution in [0.25, 0.3) is 0 Å². The van der Waals surface area contributed by atoms with Crippen molar-refractivity contribution < 1.29 is 19.1 Å². The van der Waals surface area contributed by atoms with Crippen molar-refractivity contribution in [2.45, 2.75) is 25.3 Å². The van der Waals surface area contributed by atoms with Crippen molar-refractivity contribution in [1.29, 1.82) is 0 Å². The Morgan fingerprint density at radius 1 is 1.11 bits per heavy atom. The molecule has 1 aromatic carbocycles. The first-order valence-corrected chi connectivity index (χ1v) is 9.84. The predicted octanol–water partition coefficient (Wildman–Crippen LogP) is 1.08. The Labute approximate surface area is 163 Å². The van der Waals surface area contributed by atoms with Crippen LogP contribution in [0.2, 0.25) is 5.02 Å². The molecule has 2 heterocycles. The molecule has 0 radical (unpaired) electrons. The molecule has 0 atom stereocenters. The Balaban J connectivity index is 1.28. The average Bonchev–Trinajstić information content (AvgIpc) is 3.46. The van der Waals surface area contributed by atoms with E-state index in [9.17, 15) is 9.59 Å². The SMILES string of the molecule is O=C(CN1CCN(C(=O)Cc2cc(Cl)c3c(c2)OCCO3)CC1)NC1CC1. The van der Waals surface area contributed by atoms with Gasteiger partial charge >= 0.3 is 0 Å². The molecule has 7 nitrogen and oxygen atoms in total. The quantitative estimate of drug-likeness (QED) is 0.810. The van der Waals surface area contributed by atoms with Crippen LogP contribution in [0.5, 0.6) is 11.5 Å². The highest BCUT2D eigenvalue weighted by Gasteiger charge is 2.26. The van der Waals surface area contributed by atoms with Crippen LogP contribution in [-0.4, -0.2) is 73.6 Å². The smallest absolute Gasteiger partial charge is 0.234 e. The molecule has 0 unspecified atom stereocenters. The lowest BCUT2D eigenvalue weighted by molar-refractivity contribution is -0.132. The number of hydrogen-bond acceptors (Lipinski definition) is 5. The molecule has 27 heavy (non-hydrogen) atoms. The second-order valence-electron chi connectivity index (χ2n) is 7.28. The first kappa shape index (κ1) is 18.4. The molecule has 1 aliphatic carbocycles. The third-order valence-electron chi connectivity index (χ3n) is 5.05. The predicted molar refractivity (Wildman–Crippen MR) is 100 cm³/mol. The fraction of sp³-hybridized carbons (Fsp3) is 0.579. The number of amides is 2. The average molecular weight is 394 g/mol. The van der Waals surface area contributed by atoms with Gasteiger partial charge in [-0.15, -0.1) is 0 Å². The van der Waals surface area contributed by atoms with E-state index >= 15 is 0 Å². The van der Waals surface area contributed by atoms with Crippen LogP contribution in [0.1, 0.15) is 18.4 Å². The molecule has 4 rings (SSSR count). The van der Waals surface area contributed by atoms with Gasteiger partial charge in [-0.05, 0) is 30.5 Å². The fourth-order valence-corrected chi connectivity index (χ4v) is 3.70. The van der Waals surface area contributed by atoms with Crippen molar-refractivity contribution in [3.8, 4) is 11.5 Å². The third-order valence-corrected chi connectivity index (χ3v) is 5.33. The number of ether oxygens (including phenoxy) is 2. The Morgan fingerprint density at radius 3 is 2.59 bits per heavy atom. The summed E-state index contributed by atoms with van der Waals surface area (Å²) in [5.74, 6) is 1.30. The topological polar surface area (TPSA) is 71.1 Å². The van der Waals surface area contributed by atoms with Crippen molar-refractivity contribution in [3.63, 3.8) is 0 Å². The second-order valence-corrected chi connectivity index (χ2v) is 7.68. The molecule has 2 fully saturated rings. The third kappa shape index (κ3) is 4.65. The van der Waals surface area contributed by atoms with Crippen molar-refractivity contribution in [1.82, 2.24) is 15.1 Å². The maximum atomic E-state index is 12.6. The maximum absolute atomic E-state index is 12.6. The summed E-state index contributed by atoms with van der Waals surface area (Å²) < 4.78 is 11.1. The molecule has 0 spiro atoms. The Hall–Kier alpha value is -1.99. The molecule has 1 saturated heterocycles. The zero-order chi connectivity index (χ0) is 18.8. The molecule has 2 aliphatic heterocycles. The molecule has 2 amide bonds. The van der Waals surface area contributed by atoms with E-state index in [2.05, 4.69) is 10.2 Å². The van der Waals surface area contributed by atoms with E-state index in [1.54, 1.807) is 6.07 Å². The Kier molecular flexibility index (Phi) is 5.41. The van der Waals surface area contributed by atoms with Gasteiger partial charge in [0.25, 0.3) is 0 Å². The lowest BCUT2D eigenvalue weighted by Gasteiger charge is -2.34. The summed E-state index contributed by atoms with van der Waals surface area (Å²) in [6, 6.07) is 3.99. The number of carbonyl (C=O) groups is 2. The summed E-state index contributed by atoms with van der Waals surface area (Å²) in [6.45, 7) is 4.07. The maximum Gasteiger partial charge on any atom is 0.234 e. The number of halogens is 1. The molecule has 0 bridgehead atoms. The van der Waals surface area contributed by atoms with E-state index in [1.807, 2.05) is 11.0 Å². The number of nitrogens with zero attached hydrogens (tertiary/aromatic N) is 2. The standard InChI is InChI=1S/C19H24ClN3O4/c20-15-9-13(10-16-19(15)27-8-7-26-16)11-18(25)23-5-3-22(4-6-23)12-17(24)21-14-1-2-14/h9-10,14H,1-8,11-12H2,(H,21,24). The first-order valence-electron chi connectivity index (χ1n) is 9.46. The van der Waals surface area contributed by atoms with E-state index in [4.69, 9.17) is 21.1 Å². The van der Waals surface area contributed by atoms with Crippen LogP contribution in [0.15, 0.2) is 12.1 Å². The molecule has 146 valence electrons.